The molecule has 0 aliphatic heterocycles. The van der Waals surface area contributed by atoms with Crippen molar-refractivity contribution in [2.24, 2.45) is 5.92 Å². The SMILES string of the molecule is O=C(O)CN(CC1CC1)S(=O)(=O)c1cncc(F)c1. The van der Waals surface area contributed by atoms with Crippen molar-refractivity contribution < 1.29 is 22.7 Å². The van der Waals surface area contributed by atoms with Crippen LogP contribution in [0.5, 0.6) is 0 Å². The highest BCUT2D eigenvalue weighted by Gasteiger charge is 2.33. The normalized spacial score (nSPS) is 15.7. The molecule has 1 heterocycles. The quantitative estimate of drug-likeness (QED) is 0.832. The lowest BCUT2D eigenvalue weighted by Gasteiger charge is -2.19. The van der Waals surface area contributed by atoms with E-state index in [4.69, 9.17) is 5.11 Å². The Kier molecular flexibility index (Phi) is 3.81. The van der Waals surface area contributed by atoms with Gasteiger partial charge < -0.3 is 5.11 Å². The summed E-state index contributed by atoms with van der Waals surface area (Å²) >= 11 is 0. The summed E-state index contributed by atoms with van der Waals surface area (Å²) in [5.41, 5.74) is 0. The zero-order chi connectivity index (χ0) is 14.0. The minimum absolute atomic E-state index is 0.144. The number of aromatic nitrogens is 1. The molecule has 0 radical (unpaired) electrons. The number of hydrogen-bond donors (Lipinski definition) is 1. The van der Waals surface area contributed by atoms with Gasteiger partial charge in [0.1, 0.15) is 17.3 Å². The zero-order valence-electron chi connectivity index (χ0n) is 9.99. The molecule has 0 atom stereocenters. The number of aliphatic carboxylic acids is 1. The van der Waals surface area contributed by atoms with E-state index in [0.29, 0.717) is 0 Å². The molecule has 0 bridgehead atoms. The number of nitrogens with zero attached hydrogens (tertiary/aromatic N) is 2. The zero-order valence-corrected chi connectivity index (χ0v) is 10.8. The van der Waals surface area contributed by atoms with Gasteiger partial charge in [-0.3, -0.25) is 9.78 Å². The van der Waals surface area contributed by atoms with Gasteiger partial charge in [0.05, 0.1) is 6.20 Å². The molecule has 8 heteroatoms. The van der Waals surface area contributed by atoms with Crippen molar-refractivity contribution in [3.05, 3.63) is 24.3 Å². The molecule has 0 unspecified atom stereocenters. The Hall–Kier alpha value is -1.54. The Bertz CT molecular complexity index is 586. The van der Waals surface area contributed by atoms with E-state index in [1.807, 2.05) is 0 Å². The highest BCUT2D eigenvalue weighted by Crippen LogP contribution is 2.31. The third-order valence-corrected chi connectivity index (χ3v) is 4.56. The maximum Gasteiger partial charge on any atom is 0.318 e. The van der Waals surface area contributed by atoms with Crippen molar-refractivity contribution >= 4 is 16.0 Å². The van der Waals surface area contributed by atoms with Crippen LogP contribution < -0.4 is 0 Å². The van der Waals surface area contributed by atoms with Gasteiger partial charge >= 0.3 is 5.97 Å². The maximum absolute atomic E-state index is 13.0. The molecule has 104 valence electrons. The Labute approximate surface area is 109 Å². The highest BCUT2D eigenvalue weighted by atomic mass is 32.2. The van der Waals surface area contributed by atoms with Crippen LogP contribution in [0.1, 0.15) is 12.8 Å². The average molecular weight is 288 g/mol. The van der Waals surface area contributed by atoms with Crippen LogP contribution in [0, 0.1) is 11.7 Å². The number of halogens is 1. The van der Waals surface area contributed by atoms with Crippen molar-refractivity contribution in [1.82, 2.24) is 9.29 Å². The topological polar surface area (TPSA) is 87.6 Å². The van der Waals surface area contributed by atoms with Crippen molar-refractivity contribution in [3.63, 3.8) is 0 Å². The van der Waals surface area contributed by atoms with Crippen molar-refractivity contribution in [3.8, 4) is 0 Å². The molecule has 1 aromatic rings. The second-order valence-corrected chi connectivity index (χ2v) is 6.41. The molecule has 0 amide bonds. The predicted octanol–water partition coefficient (Wildman–Crippen LogP) is 0.706. The average Bonchev–Trinajstić information content (AvgIpc) is 3.11. The Morgan fingerprint density at radius 1 is 1.47 bits per heavy atom. The predicted molar refractivity (Wildman–Crippen MR) is 63.3 cm³/mol. The molecule has 1 aliphatic rings. The maximum atomic E-state index is 13.0. The van der Waals surface area contributed by atoms with Crippen LogP contribution in [-0.4, -0.2) is 41.9 Å². The standard InChI is InChI=1S/C11H13FN2O4S/c12-9-3-10(5-13-4-9)19(17,18)14(7-11(15)16)6-8-1-2-8/h3-5,8H,1-2,6-7H2,(H,15,16). The fraction of sp³-hybridized carbons (Fsp3) is 0.455. The molecule has 1 saturated carbocycles. The van der Waals surface area contributed by atoms with E-state index in [1.165, 1.54) is 0 Å². The highest BCUT2D eigenvalue weighted by molar-refractivity contribution is 7.89. The molecular formula is C11H13FN2O4S. The van der Waals surface area contributed by atoms with Crippen molar-refractivity contribution in [2.45, 2.75) is 17.7 Å². The lowest BCUT2D eigenvalue weighted by atomic mass is 10.4. The van der Waals surface area contributed by atoms with Gasteiger partial charge in [0.15, 0.2) is 0 Å². The molecule has 1 fully saturated rings. The Balaban J connectivity index is 2.29. The molecule has 19 heavy (non-hydrogen) atoms. The van der Waals surface area contributed by atoms with Crippen LogP contribution >= 0.6 is 0 Å². The molecule has 0 spiro atoms. The molecule has 1 N–H and O–H groups in total. The number of sulfonamides is 1. The smallest absolute Gasteiger partial charge is 0.318 e. The van der Waals surface area contributed by atoms with E-state index in [1.54, 1.807) is 0 Å². The first-order chi connectivity index (χ1) is 8.89. The van der Waals surface area contributed by atoms with Gasteiger partial charge in [0.2, 0.25) is 10.0 Å². The van der Waals surface area contributed by atoms with E-state index >= 15 is 0 Å². The van der Waals surface area contributed by atoms with E-state index in [-0.39, 0.29) is 17.4 Å². The largest absolute Gasteiger partial charge is 0.480 e. The Morgan fingerprint density at radius 2 is 2.16 bits per heavy atom. The lowest BCUT2D eigenvalue weighted by molar-refractivity contribution is -0.137. The number of hydrogen-bond acceptors (Lipinski definition) is 4. The van der Waals surface area contributed by atoms with Gasteiger partial charge in [-0.05, 0) is 24.8 Å². The summed E-state index contributed by atoms with van der Waals surface area (Å²) in [5, 5.41) is 8.79. The summed E-state index contributed by atoms with van der Waals surface area (Å²) in [7, 11) is -4.02. The number of pyridine rings is 1. The molecule has 1 aliphatic carbocycles. The van der Waals surface area contributed by atoms with E-state index < -0.39 is 28.4 Å². The molecule has 1 aromatic heterocycles. The number of carbonyl (C=O) groups is 1. The third kappa shape index (κ3) is 3.48. The van der Waals surface area contributed by atoms with E-state index in [9.17, 15) is 17.6 Å². The second-order valence-electron chi connectivity index (χ2n) is 4.47. The van der Waals surface area contributed by atoms with Gasteiger partial charge in [-0.25, -0.2) is 12.8 Å². The first-order valence-corrected chi connectivity index (χ1v) is 7.16. The van der Waals surface area contributed by atoms with Crippen LogP contribution in [0.2, 0.25) is 0 Å². The van der Waals surface area contributed by atoms with Gasteiger partial charge in [-0.1, -0.05) is 0 Å². The number of carboxylic acid groups (broad SMARTS) is 1. The first-order valence-electron chi connectivity index (χ1n) is 5.72. The summed E-state index contributed by atoms with van der Waals surface area (Å²) in [5.74, 6) is -1.83. The summed E-state index contributed by atoms with van der Waals surface area (Å²) in [4.78, 5) is 13.9. The first kappa shape index (κ1) is 13.9. The minimum Gasteiger partial charge on any atom is -0.480 e. The third-order valence-electron chi connectivity index (χ3n) is 2.79. The van der Waals surface area contributed by atoms with Crippen LogP contribution in [0.4, 0.5) is 4.39 Å². The van der Waals surface area contributed by atoms with Crippen LogP contribution in [0.3, 0.4) is 0 Å². The summed E-state index contributed by atoms with van der Waals surface area (Å²) in [6.07, 6.45) is 3.67. The van der Waals surface area contributed by atoms with Crippen molar-refractivity contribution in [1.29, 1.82) is 0 Å². The van der Waals surface area contributed by atoms with Crippen LogP contribution in [0.15, 0.2) is 23.4 Å². The second kappa shape index (κ2) is 5.22. The Morgan fingerprint density at radius 3 is 2.68 bits per heavy atom. The van der Waals surface area contributed by atoms with Gasteiger partial charge in [-0.15, -0.1) is 0 Å². The minimum atomic E-state index is -4.02. The van der Waals surface area contributed by atoms with E-state index in [0.717, 1.165) is 35.6 Å². The molecule has 6 nitrogen and oxygen atoms in total. The monoisotopic (exact) mass is 288 g/mol. The number of carboxylic acids is 1. The summed E-state index contributed by atoms with van der Waals surface area (Å²) in [6.45, 7) is -0.486. The van der Waals surface area contributed by atoms with Crippen LogP contribution in [-0.2, 0) is 14.8 Å². The number of rotatable bonds is 6. The van der Waals surface area contributed by atoms with Crippen LogP contribution in [0.25, 0.3) is 0 Å². The molecule has 0 aromatic carbocycles. The fourth-order valence-electron chi connectivity index (χ4n) is 1.67. The van der Waals surface area contributed by atoms with Gasteiger partial charge in [-0.2, -0.15) is 4.31 Å². The van der Waals surface area contributed by atoms with Crippen molar-refractivity contribution in [2.75, 3.05) is 13.1 Å². The molecular weight excluding hydrogens is 275 g/mol. The molecule has 2 rings (SSSR count). The van der Waals surface area contributed by atoms with Gasteiger partial charge in [0.25, 0.3) is 0 Å². The fourth-order valence-corrected chi connectivity index (χ4v) is 3.11. The lowest BCUT2D eigenvalue weighted by Crippen LogP contribution is -2.37. The van der Waals surface area contributed by atoms with Gasteiger partial charge in [0, 0.05) is 12.7 Å². The molecule has 0 saturated heterocycles. The summed E-state index contributed by atoms with van der Waals surface area (Å²) < 4.78 is 38.4. The summed E-state index contributed by atoms with van der Waals surface area (Å²) in [6, 6.07) is 0.837. The van der Waals surface area contributed by atoms with E-state index in [2.05, 4.69) is 4.98 Å².